The van der Waals surface area contributed by atoms with E-state index in [4.69, 9.17) is 13.8 Å². The number of nitriles is 1. The Morgan fingerprint density at radius 1 is 0.875 bits per heavy atom. The van der Waals surface area contributed by atoms with E-state index >= 15 is 0 Å². The maximum Gasteiger partial charge on any atom is 0.351 e. The number of amides is 1. The fourth-order valence-electron chi connectivity index (χ4n) is 7.23. The molecule has 1 saturated heterocycles. The first-order valence-corrected chi connectivity index (χ1v) is 20.1. The molecule has 0 spiro atoms. The highest BCUT2D eigenvalue weighted by molar-refractivity contribution is 7.44. The van der Waals surface area contributed by atoms with Crippen molar-refractivity contribution in [1.82, 2.24) is 19.5 Å². The second-order valence-electron chi connectivity index (χ2n) is 14.1. The van der Waals surface area contributed by atoms with Crippen molar-refractivity contribution in [2.75, 3.05) is 18.5 Å². The Balaban J connectivity index is 1.37. The summed E-state index contributed by atoms with van der Waals surface area (Å²) in [5.74, 6) is -0.218. The number of nitrogens with one attached hydrogen (secondary N) is 2. The van der Waals surface area contributed by atoms with Gasteiger partial charge in [0, 0.05) is 36.3 Å². The lowest BCUT2D eigenvalue weighted by atomic mass is 9.76. The number of carbonyl (C=O) groups is 1. The van der Waals surface area contributed by atoms with Crippen LogP contribution < -0.4 is 16.3 Å². The number of benzene rings is 4. The Kier molecular flexibility index (Phi) is 13.9. The maximum absolute atomic E-state index is 13.7. The molecule has 2 N–H and O–H groups in total. The average molecular weight is 773 g/mol. The first-order chi connectivity index (χ1) is 27.2. The summed E-state index contributed by atoms with van der Waals surface area (Å²) >= 11 is 0. The Hall–Kier alpha value is -5.05. The van der Waals surface area contributed by atoms with Crippen molar-refractivity contribution in [3.63, 3.8) is 0 Å². The van der Waals surface area contributed by atoms with Crippen LogP contribution in [0, 0.1) is 11.3 Å². The molecule has 1 aliphatic rings. The van der Waals surface area contributed by atoms with Crippen molar-refractivity contribution < 1.29 is 18.6 Å². The minimum Gasteiger partial charge on any atom is -0.351 e. The predicted molar refractivity (Wildman–Crippen MR) is 219 cm³/mol. The zero-order valence-electron chi connectivity index (χ0n) is 32.2. The fraction of sp³-hybridized carbons (Fsp3) is 0.318. The van der Waals surface area contributed by atoms with Gasteiger partial charge in [-0.05, 0) is 62.6 Å². The number of nitrogens with zero attached hydrogens (tertiary/aromatic N) is 4. The van der Waals surface area contributed by atoms with Crippen LogP contribution in [0.15, 0.2) is 138 Å². The van der Waals surface area contributed by atoms with Crippen molar-refractivity contribution >= 4 is 20.3 Å². The highest BCUT2D eigenvalue weighted by Crippen LogP contribution is 2.47. The number of ether oxygens (including phenoxy) is 1. The quantitative estimate of drug-likeness (QED) is 0.0548. The van der Waals surface area contributed by atoms with E-state index in [2.05, 4.69) is 90.5 Å². The van der Waals surface area contributed by atoms with Gasteiger partial charge < -0.3 is 19.1 Å². The molecule has 290 valence electrons. The van der Waals surface area contributed by atoms with Gasteiger partial charge in [0.25, 0.3) is 14.4 Å². The van der Waals surface area contributed by atoms with Gasteiger partial charge in [0.2, 0.25) is 0 Å². The molecule has 0 aliphatic carbocycles. The van der Waals surface area contributed by atoms with E-state index in [1.54, 1.807) is 36.5 Å². The lowest BCUT2D eigenvalue weighted by Crippen LogP contribution is -2.53. The maximum atomic E-state index is 13.7. The summed E-state index contributed by atoms with van der Waals surface area (Å²) in [4.78, 5) is 30.7. The van der Waals surface area contributed by atoms with Gasteiger partial charge in [-0.15, -0.1) is 0 Å². The van der Waals surface area contributed by atoms with E-state index in [9.17, 15) is 14.9 Å². The molecule has 0 radical (unpaired) electrons. The molecule has 1 amide bonds. The Labute approximate surface area is 330 Å². The van der Waals surface area contributed by atoms with Crippen molar-refractivity contribution in [2.45, 2.75) is 76.5 Å². The van der Waals surface area contributed by atoms with E-state index in [0.29, 0.717) is 12.0 Å². The summed E-state index contributed by atoms with van der Waals surface area (Å²) in [5, 5.41) is 16.1. The van der Waals surface area contributed by atoms with Crippen molar-refractivity contribution in [3.8, 4) is 6.07 Å². The third-order valence-electron chi connectivity index (χ3n) is 9.69. The number of aromatic nitrogens is 2. The summed E-state index contributed by atoms with van der Waals surface area (Å²) in [6.45, 7) is 8.76. The third kappa shape index (κ3) is 9.48. The number of hydrogen-bond acceptors (Lipinski definition) is 9. The molecule has 56 heavy (non-hydrogen) atoms. The van der Waals surface area contributed by atoms with Crippen LogP contribution in [0.4, 0.5) is 5.82 Å². The topological polar surface area (TPSA) is 131 Å². The van der Waals surface area contributed by atoms with Crippen LogP contribution in [0.3, 0.4) is 0 Å². The molecule has 1 fully saturated rings. The molecule has 4 atom stereocenters. The summed E-state index contributed by atoms with van der Waals surface area (Å²) in [6.07, 6.45) is 0.980. The summed E-state index contributed by atoms with van der Waals surface area (Å²) < 4.78 is 23.4. The molecular formula is C44H49N6O5P. The third-order valence-corrected chi connectivity index (χ3v) is 11.8. The van der Waals surface area contributed by atoms with Crippen LogP contribution in [-0.4, -0.2) is 57.6 Å². The molecular weight excluding hydrogens is 723 g/mol. The van der Waals surface area contributed by atoms with Crippen LogP contribution in [0.5, 0.6) is 0 Å². The summed E-state index contributed by atoms with van der Waals surface area (Å²) in [5.41, 5.74) is 2.17. The molecule has 4 aromatic carbocycles. The summed E-state index contributed by atoms with van der Waals surface area (Å²) in [6, 6.07) is 43.3. The van der Waals surface area contributed by atoms with E-state index in [1.165, 1.54) is 4.57 Å². The molecule has 6 rings (SSSR count). The van der Waals surface area contributed by atoms with Gasteiger partial charge in [0.15, 0.2) is 0 Å². The molecule has 2 heterocycles. The molecule has 0 saturated carbocycles. The first kappa shape index (κ1) is 40.6. The van der Waals surface area contributed by atoms with E-state index < -0.39 is 32.1 Å². The van der Waals surface area contributed by atoms with Crippen molar-refractivity contribution in [2.24, 2.45) is 0 Å². The highest BCUT2D eigenvalue weighted by Gasteiger charge is 2.45. The van der Waals surface area contributed by atoms with Gasteiger partial charge >= 0.3 is 5.69 Å². The molecule has 2 unspecified atom stereocenters. The molecule has 1 aromatic heterocycles. The zero-order chi connectivity index (χ0) is 39.5. The average Bonchev–Trinajstić information content (AvgIpc) is 3.61. The van der Waals surface area contributed by atoms with Gasteiger partial charge in [0.1, 0.15) is 12.0 Å². The van der Waals surface area contributed by atoms with Gasteiger partial charge in [-0.1, -0.05) is 109 Å². The smallest absolute Gasteiger partial charge is 0.351 e. The second kappa shape index (κ2) is 19.2. The van der Waals surface area contributed by atoms with Gasteiger partial charge in [-0.2, -0.15) is 10.2 Å². The van der Waals surface area contributed by atoms with E-state index in [0.717, 1.165) is 16.7 Å². The molecule has 11 nitrogen and oxygen atoms in total. The highest BCUT2D eigenvalue weighted by atomic mass is 31.2. The Morgan fingerprint density at radius 2 is 1.41 bits per heavy atom. The van der Waals surface area contributed by atoms with Crippen LogP contribution in [0.1, 0.15) is 73.8 Å². The SMILES string of the molecule is CC(C)N(C(C)C)P(OCCC#N)OC[C@H]1O[C@@H](n2ccc(NC(=O)c3ccccc3)nc2=O)CC1NC(c1ccccc1)(c1ccccc1)c1ccccc1. The standard InChI is InChI=1S/C44H49N6O5P/c1-32(2)50(33(3)4)56(53-29-17-27-45)54-31-39-38(30-41(55-39)49-28-26-40(47-43(49)52)46-42(51)34-18-9-5-10-19-34)48-44(35-20-11-6-12-21-35,36-22-13-7-14-23-36)37-24-15-8-16-25-37/h5-16,18-26,28,32-33,38-39,41,48H,17,29-31H2,1-4H3,(H,46,47,51,52)/t38?,39-,41-,56?/m1/s1. The molecule has 5 aromatic rings. The number of anilines is 1. The summed E-state index contributed by atoms with van der Waals surface area (Å²) in [7, 11) is -1.57. The van der Waals surface area contributed by atoms with Gasteiger partial charge in [-0.25, -0.2) is 9.46 Å². The minimum absolute atomic E-state index is 0.113. The molecule has 0 bridgehead atoms. The Bertz CT molecular complexity index is 1990. The lowest BCUT2D eigenvalue weighted by Gasteiger charge is -2.40. The molecule has 12 heteroatoms. The zero-order valence-corrected chi connectivity index (χ0v) is 33.1. The normalized spacial score (nSPS) is 17.6. The van der Waals surface area contributed by atoms with Gasteiger partial charge in [0.05, 0.1) is 37.3 Å². The fourth-order valence-corrected chi connectivity index (χ4v) is 8.85. The largest absolute Gasteiger partial charge is 0.351 e. The van der Waals surface area contributed by atoms with E-state index in [-0.39, 0.29) is 49.5 Å². The van der Waals surface area contributed by atoms with Crippen LogP contribution in [0.2, 0.25) is 0 Å². The van der Waals surface area contributed by atoms with Crippen LogP contribution in [-0.2, 0) is 19.3 Å². The Morgan fingerprint density at radius 3 is 1.91 bits per heavy atom. The lowest BCUT2D eigenvalue weighted by molar-refractivity contribution is -0.0277. The van der Waals surface area contributed by atoms with E-state index in [1.807, 2.05) is 60.7 Å². The number of rotatable bonds is 17. The van der Waals surface area contributed by atoms with Crippen molar-refractivity contribution in [3.05, 3.63) is 166 Å². The van der Waals surface area contributed by atoms with Gasteiger partial charge in [-0.3, -0.25) is 14.7 Å². The number of hydrogen-bond donors (Lipinski definition) is 2. The second-order valence-corrected chi connectivity index (χ2v) is 15.6. The molecule has 1 aliphatic heterocycles. The van der Waals surface area contributed by atoms with Crippen LogP contribution in [0.25, 0.3) is 0 Å². The minimum atomic E-state index is -1.57. The monoisotopic (exact) mass is 772 g/mol. The van der Waals surface area contributed by atoms with Crippen LogP contribution >= 0.6 is 8.53 Å². The number of carbonyl (C=O) groups excluding carboxylic acids is 1. The van der Waals surface area contributed by atoms with Crippen molar-refractivity contribution in [1.29, 1.82) is 5.26 Å². The predicted octanol–water partition coefficient (Wildman–Crippen LogP) is 8.03. The first-order valence-electron chi connectivity index (χ1n) is 19.0.